The molecule has 0 aromatic carbocycles. The summed E-state index contributed by atoms with van der Waals surface area (Å²) in [6, 6.07) is 0. The summed E-state index contributed by atoms with van der Waals surface area (Å²) < 4.78 is 34.8. The molecule has 0 bridgehead atoms. The van der Waals surface area contributed by atoms with E-state index in [-0.39, 0.29) is 5.92 Å². The minimum absolute atomic E-state index is 0.0503. The number of hydrogen-bond acceptors (Lipinski definition) is 6. The Bertz CT molecular complexity index is 239. The fraction of sp³-hybridized carbons (Fsp3) is 1.00. The van der Waals surface area contributed by atoms with Gasteiger partial charge in [0.15, 0.2) is 0 Å². The number of rotatable bonds is 13. The van der Waals surface area contributed by atoms with Gasteiger partial charge in [0.25, 0.3) is 5.97 Å². The molecule has 0 saturated heterocycles. The molecule has 0 aliphatic rings. The summed E-state index contributed by atoms with van der Waals surface area (Å²) in [5.41, 5.74) is 0. The van der Waals surface area contributed by atoms with Gasteiger partial charge in [-0.2, -0.15) is 0 Å². The minimum atomic E-state index is -3.32. The van der Waals surface area contributed by atoms with Crippen LogP contribution in [0.2, 0.25) is 0 Å². The summed E-state index contributed by atoms with van der Waals surface area (Å²) in [5, 5.41) is 0. The van der Waals surface area contributed by atoms with Crippen LogP contribution < -0.4 is 0 Å². The second-order valence-electron chi connectivity index (χ2n) is 4.53. The first kappa shape index (κ1) is 21.0. The molecule has 6 nitrogen and oxygen atoms in total. The second kappa shape index (κ2) is 10.7. The van der Waals surface area contributed by atoms with Gasteiger partial charge in [-0.25, -0.2) is 0 Å². The van der Waals surface area contributed by atoms with Gasteiger partial charge in [0.2, 0.25) is 0 Å². The average Bonchev–Trinajstić information content (AvgIpc) is 2.39. The Hall–Kier alpha value is -0.0231. The molecule has 128 valence electrons. The van der Waals surface area contributed by atoms with Gasteiger partial charge in [-0.3, -0.25) is 4.43 Å². The maximum Gasteiger partial charge on any atom is 0.683 e. The lowest BCUT2D eigenvalue weighted by Gasteiger charge is -2.41. The Labute approximate surface area is 130 Å². The molecule has 0 unspecified atom stereocenters. The summed E-state index contributed by atoms with van der Waals surface area (Å²) in [6.45, 7) is 15.5. The minimum Gasteiger partial charge on any atom is -0.351 e. The van der Waals surface area contributed by atoms with Crippen LogP contribution in [0.1, 0.15) is 48.5 Å². The van der Waals surface area contributed by atoms with E-state index in [1.165, 1.54) is 0 Å². The van der Waals surface area contributed by atoms with Crippen molar-refractivity contribution in [3.63, 3.8) is 0 Å². The van der Waals surface area contributed by atoms with Gasteiger partial charge in [0.05, 0.1) is 0 Å². The van der Waals surface area contributed by atoms with E-state index in [1.807, 2.05) is 48.5 Å². The van der Waals surface area contributed by atoms with Gasteiger partial charge in [-0.1, -0.05) is 13.8 Å². The Morgan fingerprint density at radius 2 is 1.10 bits per heavy atom. The standard InChI is InChI=1S/C14H32O6Si/c1-8-15-14(13(6)7,16-9-2)20-21(17-10-3,18-11-4)19-12-5/h13H,8-12H2,1-7H3. The average molecular weight is 324 g/mol. The van der Waals surface area contributed by atoms with E-state index in [0.29, 0.717) is 33.0 Å². The Kier molecular flexibility index (Phi) is 10.6. The van der Waals surface area contributed by atoms with Crippen molar-refractivity contribution in [1.82, 2.24) is 0 Å². The zero-order valence-corrected chi connectivity index (χ0v) is 15.6. The lowest BCUT2D eigenvalue weighted by molar-refractivity contribution is -0.384. The van der Waals surface area contributed by atoms with Gasteiger partial charge in [0.1, 0.15) is 0 Å². The SMILES string of the molecule is CCOC(OCC)(O[Si](OCC)(OCC)OCC)C(C)C. The Morgan fingerprint density at radius 3 is 1.33 bits per heavy atom. The zero-order valence-electron chi connectivity index (χ0n) is 14.6. The van der Waals surface area contributed by atoms with Gasteiger partial charge in [0, 0.05) is 39.0 Å². The molecule has 0 aliphatic heterocycles. The highest BCUT2D eigenvalue weighted by molar-refractivity contribution is 6.53. The van der Waals surface area contributed by atoms with Crippen LogP contribution in [-0.4, -0.2) is 48.1 Å². The molecule has 0 aliphatic carbocycles. The smallest absolute Gasteiger partial charge is 0.351 e. The van der Waals surface area contributed by atoms with Crippen molar-refractivity contribution in [3.8, 4) is 0 Å². The van der Waals surface area contributed by atoms with Crippen molar-refractivity contribution >= 4 is 9.05 Å². The first-order valence-corrected chi connectivity index (χ1v) is 9.48. The summed E-state index contributed by atoms with van der Waals surface area (Å²) >= 11 is 0. The molecular formula is C14H32O6Si. The van der Waals surface area contributed by atoms with E-state index in [0.717, 1.165) is 0 Å². The van der Waals surface area contributed by atoms with Crippen LogP contribution in [0.15, 0.2) is 0 Å². The molecule has 0 aromatic rings. The summed E-state index contributed by atoms with van der Waals surface area (Å²) in [6.07, 6.45) is 0. The predicted molar refractivity (Wildman–Crippen MR) is 82.5 cm³/mol. The third-order valence-corrected chi connectivity index (χ3v) is 5.09. The Balaban J connectivity index is 5.42. The zero-order chi connectivity index (χ0) is 16.4. The molecule has 7 heteroatoms. The highest BCUT2D eigenvalue weighted by Gasteiger charge is 2.54. The topological polar surface area (TPSA) is 55.4 Å². The van der Waals surface area contributed by atoms with E-state index in [1.54, 1.807) is 0 Å². The molecular weight excluding hydrogens is 292 g/mol. The molecule has 0 spiro atoms. The summed E-state index contributed by atoms with van der Waals surface area (Å²) in [5.74, 6) is -1.28. The molecule has 0 radical (unpaired) electrons. The van der Waals surface area contributed by atoms with Crippen LogP contribution in [0.4, 0.5) is 0 Å². The van der Waals surface area contributed by atoms with Gasteiger partial charge in [-0.05, 0) is 34.6 Å². The number of ether oxygens (including phenoxy) is 2. The van der Waals surface area contributed by atoms with E-state index in [2.05, 4.69) is 0 Å². The van der Waals surface area contributed by atoms with Gasteiger partial charge < -0.3 is 22.8 Å². The summed E-state index contributed by atoms with van der Waals surface area (Å²) in [4.78, 5) is 0. The molecule has 0 N–H and O–H groups in total. The molecule has 0 amide bonds. The van der Waals surface area contributed by atoms with Crippen molar-refractivity contribution in [3.05, 3.63) is 0 Å². The highest BCUT2D eigenvalue weighted by Crippen LogP contribution is 2.31. The van der Waals surface area contributed by atoms with E-state index in [9.17, 15) is 0 Å². The van der Waals surface area contributed by atoms with Gasteiger partial charge >= 0.3 is 9.05 Å². The maximum absolute atomic E-state index is 6.12. The Morgan fingerprint density at radius 1 is 0.714 bits per heavy atom. The van der Waals surface area contributed by atoms with E-state index in [4.69, 9.17) is 27.2 Å². The van der Waals surface area contributed by atoms with Crippen LogP contribution in [0.25, 0.3) is 0 Å². The first-order chi connectivity index (χ1) is 9.95. The predicted octanol–water partition coefficient (Wildman–Crippen LogP) is 2.93. The van der Waals surface area contributed by atoms with Crippen molar-refractivity contribution in [2.45, 2.75) is 54.4 Å². The molecule has 0 aromatic heterocycles. The number of hydrogen-bond donors (Lipinski definition) is 0. The van der Waals surface area contributed by atoms with Crippen LogP contribution in [0, 0.1) is 5.92 Å². The van der Waals surface area contributed by atoms with Crippen molar-refractivity contribution in [2.24, 2.45) is 5.92 Å². The monoisotopic (exact) mass is 324 g/mol. The van der Waals surface area contributed by atoms with Crippen LogP contribution >= 0.6 is 0 Å². The van der Waals surface area contributed by atoms with Crippen molar-refractivity contribution in [1.29, 1.82) is 0 Å². The van der Waals surface area contributed by atoms with E-state index < -0.39 is 15.0 Å². The van der Waals surface area contributed by atoms with Crippen LogP contribution in [0.5, 0.6) is 0 Å². The van der Waals surface area contributed by atoms with Crippen LogP contribution in [0.3, 0.4) is 0 Å². The van der Waals surface area contributed by atoms with Crippen molar-refractivity contribution in [2.75, 3.05) is 33.0 Å². The fourth-order valence-corrected chi connectivity index (χ4v) is 4.06. The lowest BCUT2D eigenvalue weighted by atomic mass is 10.2. The molecule has 0 rings (SSSR count). The fourth-order valence-electron chi connectivity index (χ4n) is 1.87. The third-order valence-electron chi connectivity index (χ3n) is 2.63. The molecule has 0 saturated carbocycles. The van der Waals surface area contributed by atoms with Crippen molar-refractivity contribution < 1.29 is 27.2 Å². The third kappa shape index (κ3) is 6.31. The normalized spacial score (nSPS) is 13.1. The highest BCUT2D eigenvalue weighted by atomic mass is 28.4. The second-order valence-corrected chi connectivity index (χ2v) is 6.60. The molecule has 0 atom stereocenters. The molecule has 0 fully saturated rings. The maximum atomic E-state index is 6.12. The largest absolute Gasteiger partial charge is 0.683 e. The molecule has 0 heterocycles. The van der Waals surface area contributed by atoms with E-state index >= 15 is 0 Å². The van der Waals surface area contributed by atoms with Crippen LogP contribution in [-0.2, 0) is 27.2 Å². The quantitative estimate of drug-likeness (QED) is 0.383. The molecule has 21 heavy (non-hydrogen) atoms. The lowest BCUT2D eigenvalue weighted by Crippen LogP contribution is -2.59. The summed E-state index contributed by atoms with van der Waals surface area (Å²) in [7, 11) is -3.32. The van der Waals surface area contributed by atoms with Gasteiger partial charge in [-0.15, -0.1) is 0 Å². The first-order valence-electron chi connectivity index (χ1n) is 7.85.